The van der Waals surface area contributed by atoms with Crippen LogP contribution in [0.2, 0.25) is 0 Å². The molecule has 4 saturated carbocycles. The molecule has 13 heteroatoms. The molecule has 0 aliphatic heterocycles. The molecule has 12 nitrogen and oxygen atoms in total. The molecule has 0 aromatic heterocycles. The number of allylic oxidation sites excluding steroid dienone is 3. The number of esters is 2. The molecule has 0 bridgehead atoms. The van der Waals surface area contributed by atoms with Crippen molar-refractivity contribution < 1.29 is 53.6 Å². The smallest absolute Gasteiger partial charge is 0.328 e. The zero-order valence-electron chi connectivity index (χ0n) is 36.1. The number of carboxylic acids is 1. The zero-order chi connectivity index (χ0) is 44.9. The van der Waals surface area contributed by atoms with E-state index >= 15 is 0 Å². The molecule has 10 atom stereocenters. The number of rotatable bonds is 27. The number of unbranched alkanes of at least 4 members (excludes halogenated alkanes) is 8. The molecule has 0 saturated heterocycles. The van der Waals surface area contributed by atoms with Crippen molar-refractivity contribution in [2.45, 2.75) is 154 Å². The first kappa shape index (κ1) is 52.7. The molecule has 4 aliphatic rings. The van der Waals surface area contributed by atoms with E-state index in [0.717, 1.165) is 64.2 Å². The summed E-state index contributed by atoms with van der Waals surface area (Å²) in [4.78, 5) is 75.1. The SMILES string of the molecule is C=CCCCCCCC(=O)[C@@H]1C[C@@H](O)C[C@H]1C(=O)C[C@]1(C(=O)OCC)C[C@H]1C=C.C=CCCCCCCC(=O)[C@@H]1C[C@@H](O)C[C@H]1C(=O)O.C=C[C@@H]1C[C@]1(NCl)C(=O)OCC. The quantitative estimate of drug-likeness (QED) is 0.0270. The van der Waals surface area contributed by atoms with E-state index in [1.54, 1.807) is 26.0 Å². The lowest BCUT2D eigenvalue weighted by molar-refractivity contribution is -0.152. The number of carbonyl (C=O) groups excluding carboxylic acids is 5. The van der Waals surface area contributed by atoms with Gasteiger partial charge in [0.15, 0.2) is 0 Å². The second kappa shape index (κ2) is 26.8. The first-order valence-corrected chi connectivity index (χ1v) is 22.4. The van der Waals surface area contributed by atoms with E-state index in [9.17, 15) is 39.0 Å². The standard InChI is InChI=1S/C24H36O5.C15H24O4.C8H12ClNO2/c1-4-7-8-9-10-11-12-21(26)19-13-18(25)14-20(19)22(27)16-24(15-17(24)5-2)23(28)29-6-3;1-2-3-4-5-6-7-8-14(17)12-9-11(16)10-13(12)15(18)19;1-3-6-5-8(6,10-9)7(11)12-4-2/h4-5,17-20,25H,1-2,6-16H2,3H3;2,11-13,16H,1,3-10H2,(H,18,19);3,6,10H,1,4-5H2,2H3/t17-,18-,19-,20-,24-;11-,12-,13-;6-,8-/m111/s1. The number of carbonyl (C=O) groups is 6. The van der Waals surface area contributed by atoms with Gasteiger partial charge in [-0.1, -0.05) is 50.0 Å². The highest BCUT2D eigenvalue weighted by molar-refractivity contribution is 6.16. The van der Waals surface area contributed by atoms with Gasteiger partial charge in [-0.05, 0) is 109 Å². The second-order valence-electron chi connectivity index (χ2n) is 16.8. The maximum atomic E-state index is 13.1. The van der Waals surface area contributed by atoms with E-state index in [1.165, 1.54) is 0 Å². The monoisotopic (exact) mass is 861 g/mol. The van der Waals surface area contributed by atoms with Crippen molar-refractivity contribution >= 4 is 47.0 Å². The molecular weight excluding hydrogens is 790 g/mol. The molecule has 4 aliphatic carbocycles. The fourth-order valence-electron chi connectivity index (χ4n) is 8.70. The van der Waals surface area contributed by atoms with E-state index in [-0.39, 0.29) is 60.6 Å². The predicted molar refractivity (Wildman–Crippen MR) is 232 cm³/mol. The number of aliphatic hydroxyl groups excluding tert-OH is 2. The van der Waals surface area contributed by atoms with Gasteiger partial charge < -0.3 is 24.8 Å². The Labute approximate surface area is 362 Å². The van der Waals surface area contributed by atoms with Crippen LogP contribution in [0.1, 0.15) is 136 Å². The molecule has 4 fully saturated rings. The van der Waals surface area contributed by atoms with Gasteiger partial charge in [0, 0.05) is 42.9 Å². The van der Waals surface area contributed by atoms with Gasteiger partial charge in [-0.15, -0.1) is 26.3 Å². The minimum atomic E-state index is -0.958. The van der Waals surface area contributed by atoms with Crippen molar-refractivity contribution in [1.82, 2.24) is 4.84 Å². The van der Waals surface area contributed by atoms with Crippen molar-refractivity contribution in [1.29, 1.82) is 0 Å². The highest BCUT2D eigenvalue weighted by Crippen LogP contribution is 2.58. The van der Waals surface area contributed by atoms with Crippen LogP contribution in [-0.4, -0.2) is 81.5 Å². The Kier molecular flexibility index (Phi) is 23.5. The van der Waals surface area contributed by atoms with Gasteiger partial charge in [-0.3, -0.25) is 24.0 Å². The van der Waals surface area contributed by atoms with E-state index in [0.29, 0.717) is 51.6 Å². The highest BCUT2D eigenvalue weighted by atomic mass is 35.5. The number of Topliss-reactive ketones (excluding diaryl/α,β-unsaturated/α-hetero) is 3. The maximum Gasteiger partial charge on any atom is 0.328 e. The molecule has 0 radical (unpaired) electrons. The van der Waals surface area contributed by atoms with Crippen LogP contribution in [0.25, 0.3) is 0 Å². The minimum Gasteiger partial charge on any atom is -0.481 e. The van der Waals surface area contributed by atoms with Gasteiger partial charge in [0.2, 0.25) is 0 Å². The topological polar surface area (TPSA) is 194 Å². The molecule has 0 heterocycles. The fraction of sp³-hybridized carbons (Fsp3) is 0.702. The summed E-state index contributed by atoms with van der Waals surface area (Å²) >= 11 is 5.46. The van der Waals surface area contributed by atoms with Gasteiger partial charge >= 0.3 is 17.9 Å². The summed E-state index contributed by atoms with van der Waals surface area (Å²) in [5, 5.41) is 28.7. The van der Waals surface area contributed by atoms with Crippen LogP contribution >= 0.6 is 11.8 Å². The summed E-state index contributed by atoms with van der Waals surface area (Å²) in [5.41, 5.74) is -1.51. The summed E-state index contributed by atoms with van der Waals surface area (Å²) in [7, 11) is 0. The Hall–Kier alpha value is -3.45. The van der Waals surface area contributed by atoms with E-state index in [4.69, 9.17) is 26.4 Å². The molecule has 0 unspecified atom stereocenters. The second-order valence-corrected chi connectivity index (χ2v) is 17.0. The van der Waals surface area contributed by atoms with E-state index in [1.807, 2.05) is 12.2 Å². The van der Waals surface area contributed by atoms with E-state index in [2.05, 4.69) is 31.2 Å². The zero-order valence-corrected chi connectivity index (χ0v) is 36.8. The molecule has 0 aromatic rings. The third-order valence-corrected chi connectivity index (χ3v) is 12.8. The van der Waals surface area contributed by atoms with Crippen LogP contribution in [0.15, 0.2) is 50.6 Å². The first-order chi connectivity index (χ1) is 28.7. The van der Waals surface area contributed by atoms with E-state index < -0.39 is 52.8 Å². The number of halogens is 1. The normalized spacial score (nSPS) is 29.6. The Balaban J connectivity index is 0.000000342. The number of aliphatic carboxylic acids is 1. The average molecular weight is 863 g/mol. The number of aliphatic hydroxyl groups is 2. The fourth-order valence-corrected chi connectivity index (χ4v) is 8.99. The van der Waals surface area contributed by atoms with Crippen LogP contribution in [0, 0.1) is 40.9 Å². The minimum absolute atomic E-state index is 0.00710. The van der Waals surface area contributed by atoms with Crippen molar-refractivity contribution in [3.63, 3.8) is 0 Å². The number of nitrogens with one attached hydrogen (secondary N) is 1. The van der Waals surface area contributed by atoms with Gasteiger partial charge in [-0.25, -0.2) is 9.63 Å². The lowest BCUT2D eigenvalue weighted by Crippen LogP contribution is -2.37. The van der Waals surface area contributed by atoms with Crippen LogP contribution < -0.4 is 4.84 Å². The number of ether oxygens (including phenoxy) is 2. The molecule has 4 N–H and O–H groups in total. The van der Waals surface area contributed by atoms with Gasteiger partial charge in [-0.2, -0.15) is 0 Å². The summed E-state index contributed by atoms with van der Waals surface area (Å²) in [6.07, 6.45) is 19.3. The van der Waals surface area contributed by atoms with Crippen molar-refractivity contribution in [3.8, 4) is 0 Å². The molecular formula is C47H72ClNO11. The first-order valence-electron chi connectivity index (χ1n) is 22.0. The Morgan fingerprint density at radius 2 is 1.07 bits per heavy atom. The molecule has 0 amide bonds. The Morgan fingerprint density at radius 3 is 1.47 bits per heavy atom. The summed E-state index contributed by atoms with van der Waals surface area (Å²) in [6.45, 7) is 18.9. The largest absolute Gasteiger partial charge is 0.481 e. The van der Waals surface area contributed by atoms with Crippen molar-refractivity contribution in [2.75, 3.05) is 13.2 Å². The molecule has 60 heavy (non-hydrogen) atoms. The average Bonchev–Trinajstić information content (AvgIpc) is 4.04. The third-order valence-electron chi connectivity index (χ3n) is 12.5. The number of hydrogen-bond acceptors (Lipinski definition) is 11. The number of ketones is 3. The van der Waals surface area contributed by atoms with Crippen LogP contribution in [-0.2, 0) is 38.2 Å². The number of carboxylic acid groups (broad SMARTS) is 1. The van der Waals surface area contributed by atoms with Gasteiger partial charge in [0.25, 0.3) is 0 Å². The lowest BCUT2D eigenvalue weighted by atomic mass is 9.82. The van der Waals surface area contributed by atoms with Crippen LogP contribution in [0.5, 0.6) is 0 Å². The van der Waals surface area contributed by atoms with Crippen LogP contribution in [0.4, 0.5) is 0 Å². The van der Waals surface area contributed by atoms with Gasteiger partial charge in [0.1, 0.15) is 22.9 Å². The summed E-state index contributed by atoms with van der Waals surface area (Å²) < 4.78 is 10.1. The summed E-state index contributed by atoms with van der Waals surface area (Å²) in [5.74, 6) is -3.65. The summed E-state index contributed by atoms with van der Waals surface area (Å²) in [6, 6.07) is 0. The molecule has 0 aromatic carbocycles. The Morgan fingerprint density at radius 1 is 0.633 bits per heavy atom. The molecule has 0 spiro atoms. The number of hydrogen-bond donors (Lipinski definition) is 4. The lowest BCUT2D eigenvalue weighted by Gasteiger charge is -2.20. The van der Waals surface area contributed by atoms with Crippen LogP contribution in [0.3, 0.4) is 0 Å². The predicted octanol–water partition coefficient (Wildman–Crippen LogP) is 7.98. The Bertz CT molecular complexity index is 1480. The highest BCUT2D eigenvalue weighted by Gasteiger charge is 2.62. The van der Waals surface area contributed by atoms with Gasteiger partial charge in [0.05, 0.1) is 36.8 Å². The maximum absolute atomic E-state index is 13.1. The van der Waals surface area contributed by atoms with Crippen molar-refractivity contribution in [3.05, 3.63) is 50.6 Å². The van der Waals surface area contributed by atoms with Crippen molar-refractivity contribution in [2.24, 2.45) is 40.9 Å². The molecule has 338 valence electrons. The third kappa shape index (κ3) is 15.5. The molecule has 4 rings (SSSR count).